The molecule has 0 spiro atoms. The fourth-order valence-corrected chi connectivity index (χ4v) is 7.64. The standard InChI is InChI=1S/C38H24Br2O3/c39-29-20-25(21-41)34(38-35(29)27-14-6-8-16-31(27)43-38)33-24(18-23-12-4-5-13-26(23)22-10-2-1-3-11-22)19-30(40)37-36(33)28-15-7-9-17-32(28)42-37/h1-17,19-20,41H,18,21H2. The second kappa shape index (κ2) is 10.5. The van der Waals surface area contributed by atoms with Crippen LogP contribution in [-0.4, -0.2) is 5.11 Å². The topological polar surface area (TPSA) is 46.5 Å². The Hall–Kier alpha value is -4.16. The average molecular weight is 688 g/mol. The fraction of sp³-hybridized carbons (Fsp3) is 0.0526. The third kappa shape index (κ3) is 4.26. The molecule has 208 valence electrons. The summed E-state index contributed by atoms with van der Waals surface area (Å²) in [6, 6.07) is 39.5. The first-order valence-electron chi connectivity index (χ1n) is 14.1. The zero-order valence-corrected chi connectivity index (χ0v) is 26.1. The maximum Gasteiger partial charge on any atom is 0.150 e. The van der Waals surface area contributed by atoms with Gasteiger partial charge in [-0.2, -0.15) is 0 Å². The van der Waals surface area contributed by atoms with Crippen molar-refractivity contribution < 1.29 is 13.9 Å². The van der Waals surface area contributed by atoms with Gasteiger partial charge in [-0.1, -0.05) is 107 Å². The molecule has 6 aromatic carbocycles. The SMILES string of the molecule is OCc1cc(Br)c2c(oc3ccccc32)c1-c1c(Cc2ccccc2-c2ccccc2)cc(Br)c2oc3ccccc3c12. The number of rotatable bonds is 5. The van der Waals surface area contributed by atoms with Gasteiger partial charge in [0.05, 0.1) is 11.1 Å². The van der Waals surface area contributed by atoms with E-state index in [1.807, 2.05) is 48.5 Å². The molecular weight excluding hydrogens is 664 g/mol. The molecule has 0 saturated heterocycles. The van der Waals surface area contributed by atoms with E-state index < -0.39 is 0 Å². The van der Waals surface area contributed by atoms with Crippen LogP contribution in [-0.2, 0) is 13.0 Å². The van der Waals surface area contributed by atoms with Crippen LogP contribution in [0.3, 0.4) is 0 Å². The molecule has 0 bridgehead atoms. The first-order chi connectivity index (χ1) is 21.1. The van der Waals surface area contributed by atoms with Crippen LogP contribution in [0.25, 0.3) is 66.1 Å². The van der Waals surface area contributed by atoms with Crippen LogP contribution >= 0.6 is 31.9 Å². The minimum Gasteiger partial charge on any atom is -0.455 e. The van der Waals surface area contributed by atoms with Crippen LogP contribution in [0.15, 0.2) is 133 Å². The molecule has 2 aromatic heterocycles. The first kappa shape index (κ1) is 26.5. The molecule has 2 heterocycles. The van der Waals surface area contributed by atoms with Crippen LogP contribution in [0, 0.1) is 0 Å². The van der Waals surface area contributed by atoms with Crippen molar-refractivity contribution in [3.8, 4) is 22.3 Å². The number of aliphatic hydroxyl groups is 1. The third-order valence-corrected chi connectivity index (χ3v) is 9.49. The lowest BCUT2D eigenvalue weighted by molar-refractivity contribution is 0.282. The zero-order chi connectivity index (χ0) is 29.1. The molecule has 5 heteroatoms. The fourth-order valence-electron chi connectivity index (χ4n) is 6.42. The number of hydrogen-bond acceptors (Lipinski definition) is 3. The van der Waals surface area contributed by atoms with E-state index in [1.54, 1.807) is 0 Å². The van der Waals surface area contributed by atoms with Gasteiger partial charge in [-0.3, -0.25) is 0 Å². The van der Waals surface area contributed by atoms with Crippen LogP contribution in [0.5, 0.6) is 0 Å². The summed E-state index contributed by atoms with van der Waals surface area (Å²) >= 11 is 7.66. The van der Waals surface area contributed by atoms with Gasteiger partial charge in [-0.25, -0.2) is 0 Å². The van der Waals surface area contributed by atoms with Crippen molar-refractivity contribution in [2.24, 2.45) is 0 Å². The number of halogens is 2. The predicted molar refractivity (Wildman–Crippen MR) is 182 cm³/mol. The molecule has 0 fully saturated rings. The molecular formula is C38H24Br2O3. The van der Waals surface area contributed by atoms with Gasteiger partial charge in [-0.05, 0) is 74.4 Å². The molecule has 1 N–H and O–H groups in total. The van der Waals surface area contributed by atoms with E-state index in [0.717, 1.165) is 75.1 Å². The Morgan fingerprint density at radius 1 is 0.535 bits per heavy atom. The number of fused-ring (bicyclic) bond motifs is 6. The monoisotopic (exact) mass is 686 g/mol. The smallest absolute Gasteiger partial charge is 0.150 e. The third-order valence-electron chi connectivity index (χ3n) is 8.27. The van der Waals surface area contributed by atoms with Gasteiger partial charge in [0.2, 0.25) is 0 Å². The van der Waals surface area contributed by atoms with Gasteiger partial charge in [0.1, 0.15) is 22.3 Å². The summed E-state index contributed by atoms with van der Waals surface area (Å²) in [5.41, 5.74) is 10.5. The van der Waals surface area contributed by atoms with Crippen molar-refractivity contribution in [2.45, 2.75) is 13.0 Å². The number of aliphatic hydroxyl groups excluding tert-OH is 1. The van der Waals surface area contributed by atoms with Crippen LogP contribution < -0.4 is 0 Å². The number of benzene rings is 6. The minimum atomic E-state index is -0.145. The Balaban J connectivity index is 1.51. The van der Waals surface area contributed by atoms with Crippen molar-refractivity contribution in [1.82, 2.24) is 0 Å². The summed E-state index contributed by atoms with van der Waals surface area (Å²) in [5.74, 6) is 0. The Morgan fingerprint density at radius 3 is 1.88 bits per heavy atom. The maximum absolute atomic E-state index is 10.8. The summed E-state index contributed by atoms with van der Waals surface area (Å²) in [5, 5.41) is 14.8. The highest BCUT2D eigenvalue weighted by molar-refractivity contribution is 9.11. The van der Waals surface area contributed by atoms with E-state index in [4.69, 9.17) is 8.83 Å². The summed E-state index contributed by atoms with van der Waals surface area (Å²) in [4.78, 5) is 0. The molecule has 0 unspecified atom stereocenters. The Bertz CT molecular complexity index is 2330. The van der Waals surface area contributed by atoms with Crippen LogP contribution in [0.1, 0.15) is 16.7 Å². The molecule has 0 atom stereocenters. The summed E-state index contributed by atoms with van der Waals surface area (Å²) in [7, 11) is 0. The van der Waals surface area contributed by atoms with Crippen molar-refractivity contribution in [1.29, 1.82) is 0 Å². The van der Waals surface area contributed by atoms with E-state index in [9.17, 15) is 5.11 Å². The number of para-hydroxylation sites is 2. The van der Waals surface area contributed by atoms with Crippen molar-refractivity contribution in [2.75, 3.05) is 0 Å². The Labute approximate surface area is 264 Å². The minimum absolute atomic E-state index is 0.145. The van der Waals surface area contributed by atoms with E-state index in [1.165, 1.54) is 16.7 Å². The predicted octanol–water partition coefficient (Wildman–Crippen LogP) is 11.4. The highest BCUT2D eigenvalue weighted by Gasteiger charge is 2.26. The van der Waals surface area contributed by atoms with Crippen LogP contribution in [0.4, 0.5) is 0 Å². The first-order valence-corrected chi connectivity index (χ1v) is 15.7. The maximum atomic E-state index is 10.8. The molecule has 43 heavy (non-hydrogen) atoms. The quantitative estimate of drug-likeness (QED) is 0.196. The molecule has 0 saturated carbocycles. The lowest BCUT2D eigenvalue weighted by Gasteiger charge is -2.18. The molecule has 8 aromatic rings. The molecule has 0 aliphatic carbocycles. The lowest BCUT2D eigenvalue weighted by Crippen LogP contribution is -2.00. The van der Waals surface area contributed by atoms with Gasteiger partial charge in [0, 0.05) is 37.1 Å². The Kier molecular flexibility index (Phi) is 6.48. The lowest BCUT2D eigenvalue weighted by atomic mass is 9.86. The van der Waals surface area contributed by atoms with Gasteiger partial charge in [0.15, 0.2) is 0 Å². The zero-order valence-electron chi connectivity index (χ0n) is 22.9. The summed E-state index contributed by atoms with van der Waals surface area (Å²) in [6.45, 7) is -0.145. The number of hydrogen-bond donors (Lipinski definition) is 1. The Morgan fingerprint density at radius 2 is 1.14 bits per heavy atom. The van der Waals surface area contributed by atoms with E-state index in [2.05, 4.69) is 98.6 Å². The molecule has 3 nitrogen and oxygen atoms in total. The van der Waals surface area contributed by atoms with Gasteiger partial charge < -0.3 is 13.9 Å². The molecule has 0 aliphatic heterocycles. The van der Waals surface area contributed by atoms with Gasteiger partial charge in [0.25, 0.3) is 0 Å². The van der Waals surface area contributed by atoms with E-state index >= 15 is 0 Å². The molecule has 0 aliphatic rings. The molecule has 8 rings (SSSR count). The second-order valence-corrected chi connectivity index (χ2v) is 12.5. The van der Waals surface area contributed by atoms with Gasteiger partial charge in [-0.15, -0.1) is 0 Å². The van der Waals surface area contributed by atoms with Crippen molar-refractivity contribution >= 4 is 75.7 Å². The number of furan rings is 2. The van der Waals surface area contributed by atoms with E-state index in [0.29, 0.717) is 6.42 Å². The largest absolute Gasteiger partial charge is 0.455 e. The average Bonchev–Trinajstić information content (AvgIpc) is 3.63. The highest BCUT2D eigenvalue weighted by atomic mass is 79.9. The van der Waals surface area contributed by atoms with Crippen molar-refractivity contribution in [3.63, 3.8) is 0 Å². The molecule has 0 radical (unpaired) electrons. The second-order valence-electron chi connectivity index (χ2n) is 10.7. The normalized spacial score (nSPS) is 11.8. The summed E-state index contributed by atoms with van der Waals surface area (Å²) < 4.78 is 14.9. The molecule has 0 amide bonds. The van der Waals surface area contributed by atoms with Crippen LogP contribution in [0.2, 0.25) is 0 Å². The van der Waals surface area contributed by atoms with E-state index in [-0.39, 0.29) is 6.61 Å². The van der Waals surface area contributed by atoms with Crippen molar-refractivity contribution in [3.05, 3.63) is 141 Å². The summed E-state index contributed by atoms with van der Waals surface area (Å²) in [6.07, 6.45) is 0.664. The highest BCUT2D eigenvalue weighted by Crippen LogP contribution is 2.49. The van der Waals surface area contributed by atoms with Gasteiger partial charge >= 0.3 is 0 Å².